The van der Waals surface area contributed by atoms with Crippen molar-refractivity contribution in [3.05, 3.63) is 93.4 Å². The lowest BCUT2D eigenvalue weighted by Crippen LogP contribution is -2.39. The van der Waals surface area contributed by atoms with Crippen LogP contribution in [0.3, 0.4) is 0 Å². The maximum Gasteiger partial charge on any atom is 0.289 e. The third-order valence-electron chi connectivity index (χ3n) is 9.33. The van der Waals surface area contributed by atoms with Crippen molar-refractivity contribution < 1.29 is 13.9 Å². The Balaban J connectivity index is 1.32. The van der Waals surface area contributed by atoms with Crippen LogP contribution in [0.4, 0.5) is 0 Å². The second-order valence-corrected chi connectivity index (χ2v) is 13.6. The molecule has 0 N–H and O–H groups in total. The van der Waals surface area contributed by atoms with Gasteiger partial charge in [0.05, 0.1) is 13.2 Å². The van der Waals surface area contributed by atoms with Gasteiger partial charge in [-0.2, -0.15) is 0 Å². The van der Waals surface area contributed by atoms with Crippen molar-refractivity contribution >= 4 is 5.91 Å². The monoisotopic (exact) mass is 556 g/mol. The molecular weight excluding hydrogens is 508 g/mol. The molecule has 5 heteroatoms. The molecule has 41 heavy (non-hydrogen) atoms. The maximum absolute atomic E-state index is 13.8. The van der Waals surface area contributed by atoms with Crippen molar-refractivity contribution in [1.29, 1.82) is 0 Å². The Hall–Kier alpha value is -2.89. The summed E-state index contributed by atoms with van der Waals surface area (Å²) in [7, 11) is 0. The Morgan fingerprint density at radius 3 is 2.24 bits per heavy atom. The summed E-state index contributed by atoms with van der Waals surface area (Å²) in [6, 6.07) is 17.1. The number of nitrogens with zero attached hydrogens (tertiary/aromatic N) is 2. The molecule has 1 aromatic heterocycles. The van der Waals surface area contributed by atoms with Gasteiger partial charge in [0.1, 0.15) is 5.76 Å². The fourth-order valence-electron chi connectivity index (χ4n) is 6.37. The zero-order valence-electron chi connectivity index (χ0n) is 26.0. The van der Waals surface area contributed by atoms with Gasteiger partial charge in [-0.05, 0) is 83.9 Å². The lowest BCUT2D eigenvalue weighted by atomic mass is 9.62. The highest BCUT2D eigenvalue weighted by molar-refractivity contribution is 5.91. The summed E-state index contributed by atoms with van der Waals surface area (Å²) in [6.45, 7) is 19.5. The molecule has 2 aliphatic rings. The molecule has 220 valence electrons. The number of hydrogen-bond acceptors (Lipinski definition) is 4. The van der Waals surface area contributed by atoms with Crippen LogP contribution in [-0.2, 0) is 28.5 Å². The first kappa shape index (κ1) is 29.6. The molecule has 5 rings (SSSR count). The van der Waals surface area contributed by atoms with Gasteiger partial charge in [-0.15, -0.1) is 0 Å². The van der Waals surface area contributed by atoms with Crippen molar-refractivity contribution in [1.82, 2.24) is 9.80 Å². The summed E-state index contributed by atoms with van der Waals surface area (Å²) in [5.41, 5.74) is 8.23. The molecule has 1 aliphatic carbocycles. The van der Waals surface area contributed by atoms with Gasteiger partial charge in [0, 0.05) is 39.1 Å². The summed E-state index contributed by atoms with van der Waals surface area (Å²) in [6.07, 6.45) is 4.02. The first-order chi connectivity index (χ1) is 19.5. The summed E-state index contributed by atoms with van der Waals surface area (Å²) in [4.78, 5) is 18.1. The lowest BCUT2D eigenvalue weighted by Gasteiger charge is -2.42. The first-order valence-electron chi connectivity index (χ1n) is 15.4. The van der Waals surface area contributed by atoms with Gasteiger partial charge in [0.25, 0.3) is 5.91 Å². The number of benzene rings is 2. The van der Waals surface area contributed by atoms with E-state index in [-0.39, 0.29) is 16.7 Å². The second kappa shape index (κ2) is 12.1. The average Bonchev–Trinajstić information content (AvgIpc) is 3.41. The molecule has 1 saturated heterocycles. The topological polar surface area (TPSA) is 45.9 Å². The van der Waals surface area contributed by atoms with E-state index in [1.165, 1.54) is 40.7 Å². The number of carbonyl (C=O) groups excluding carboxylic acids is 1. The minimum atomic E-state index is -0.0381. The molecule has 5 nitrogen and oxygen atoms in total. The molecular formula is C36H48N2O3. The number of rotatable bonds is 9. The van der Waals surface area contributed by atoms with Crippen molar-refractivity contribution in [2.24, 2.45) is 0 Å². The standard InChI is InChI=1S/C36H48N2O3/c1-26-8-10-28(11-9-26)25-38(17-7-16-37-18-20-40-21-19-37)34(39)33-13-12-30(41-33)23-29-24-32-31(22-27(29)2)35(3,4)14-15-36(32,5)6/h8-13,22,24H,7,14-21,23,25H2,1-6H3. The summed E-state index contributed by atoms with van der Waals surface area (Å²) in [5.74, 6) is 1.23. The number of ether oxygens (including phenoxy) is 1. The van der Waals surface area contributed by atoms with Crippen molar-refractivity contribution in [3.63, 3.8) is 0 Å². The molecule has 2 aromatic carbocycles. The third-order valence-corrected chi connectivity index (χ3v) is 9.33. The fraction of sp³-hybridized carbons (Fsp3) is 0.528. The largest absolute Gasteiger partial charge is 0.456 e. The van der Waals surface area contributed by atoms with Crippen LogP contribution in [0.15, 0.2) is 52.9 Å². The van der Waals surface area contributed by atoms with Crippen molar-refractivity contribution in [3.8, 4) is 0 Å². The van der Waals surface area contributed by atoms with Crippen LogP contribution < -0.4 is 0 Å². The molecule has 0 spiro atoms. The van der Waals surface area contributed by atoms with Crippen LogP contribution in [-0.4, -0.2) is 55.1 Å². The van der Waals surface area contributed by atoms with E-state index in [0.717, 1.165) is 50.6 Å². The Morgan fingerprint density at radius 2 is 1.56 bits per heavy atom. The quantitative estimate of drug-likeness (QED) is 0.280. The maximum atomic E-state index is 13.8. The Labute approximate surface area is 246 Å². The van der Waals surface area contributed by atoms with Gasteiger partial charge in [-0.25, -0.2) is 0 Å². The van der Waals surface area contributed by atoms with Crippen molar-refractivity contribution in [2.75, 3.05) is 39.4 Å². The summed E-state index contributed by atoms with van der Waals surface area (Å²) >= 11 is 0. The summed E-state index contributed by atoms with van der Waals surface area (Å²) in [5, 5.41) is 0. The smallest absolute Gasteiger partial charge is 0.289 e. The third kappa shape index (κ3) is 6.95. The Kier molecular flexibility index (Phi) is 8.77. The highest BCUT2D eigenvalue weighted by Gasteiger charge is 2.37. The number of hydrogen-bond donors (Lipinski definition) is 0. The highest BCUT2D eigenvalue weighted by atomic mass is 16.5. The molecule has 0 radical (unpaired) electrons. The molecule has 0 bridgehead atoms. The predicted octanol–water partition coefficient (Wildman–Crippen LogP) is 7.20. The average molecular weight is 557 g/mol. The Morgan fingerprint density at radius 1 is 0.902 bits per heavy atom. The van der Waals surface area contributed by atoms with E-state index in [2.05, 4.69) is 82.8 Å². The van der Waals surface area contributed by atoms with E-state index in [9.17, 15) is 4.79 Å². The van der Waals surface area contributed by atoms with Crippen LogP contribution >= 0.6 is 0 Å². The number of aryl methyl sites for hydroxylation is 2. The number of morpholine rings is 1. The van der Waals surface area contributed by atoms with E-state index in [1.807, 2.05) is 17.0 Å². The molecule has 0 unspecified atom stereocenters. The molecule has 1 amide bonds. The molecule has 2 heterocycles. The lowest BCUT2D eigenvalue weighted by molar-refractivity contribution is 0.0354. The van der Waals surface area contributed by atoms with Crippen LogP contribution in [0.25, 0.3) is 0 Å². The van der Waals surface area contributed by atoms with Crippen LogP contribution in [0.2, 0.25) is 0 Å². The summed E-state index contributed by atoms with van der Waals surface area (Å²) < 4.78 is 11.7. The van der Waals surface area contributed by atoms with Gasteiger partial charge in [-0.1, -0.05) is 69.7 Å². The van der Waals surface area contributed by atoms with Crippen LogP contribution in [0.5, 0.6) is 0 Å². The zero-order valence-corrected chi connectivity index (χ0v) is 26.0. The fourth-order valence-corrected chi connectivity index (χ4v) is 6.37. The van der Waals surface area contributed by atoms with Gasteiger partial charge < -0.3 is 14.1 Å². The zero-order chi connectivity index (χ0) is 29.2. The highest BCUT2D eigenvalue weighted by Crippen LogP contribution is 2.46. The van der Waals surface area contributed by atoms with E-state index < -0.39 is 0 Å². The number of furan rings is 1. The number of amides is 1. The van der Waals surface area contributed by atoms with E-state index in [1.54, 1.807) is 0 Å². The normalized spacial score (nSPS) is 18.2. The molecule has 1 aliphatic heterocycles. The van der Waals surface area contributed by atoms with Crippen molar-refractivity contribution in [2.45, 2.75) is 84.6 Å². The van der Waals surface area contributed by atoms with E-state index in [4.69, 9.17) is 9.15 Å². The predicted molar refractivity (Wildman–Crippen MR) is 166 cm³/mol. The molecule has 1 fully saturated rings. The Bertz CT molecular complexity index is 1350. The van der Waals surface area contributed by atoms with Gasteiger partial charge in [-0.3, -0.25) is 9.69 Å². The van der Waals surface area contributed by atoms with Gasteiger partial charge in [0.2, 0.25) is 0 Å². The first-order valence-corrected chi connectivity index (χ1v) is 15.4. The molecule has 0 saturated carbocycles. The molecule has 0 atom stereocenters. The SMILES string of the molecule is Cc1ccc(CN(CCCN2CCOCC2)C(=O)c2ccc(Cc3cc4c(cc3C)C(C)(C)CCC4(C)C)o2)cc1. The van der Waals surface area contributed by atoms with Gasteiger partial charge >= 0.3 is 0 Å². The van der Waals surface area contributed by atoms with Crippen LogP contribution in [0, 0.1) is 13.8 Å². The number of fused-ring (bicyclic) bond motifs is 1. The van der Waals surface area contributed by atoms with Crippen LogP contribution in [0.1, 0.15) is 96.7 Å². The van der Waals surface area contributed by atoms with E-state index >= 15 is 0 Å². The minimum Gasteiger partial charge on any atom is -0.456 e. The minimum absolute atomic E-state index is 0.0381. The number of carbonyl (C=O) groups is 1. The van der Waals surface area contributed by atoms with E-state index in [0.29, 0.717) is 25.3 Å². The molecule has 3 aromatic rings. The van der Waals surface area contributed by atoms with Gasteiger partial charge in [0.15, 0.2) is 5.76 Å². The second-order valence-electron chi connectivity index (χ2n) is 13.6.